The van der Waals surface area contributed by atoms with E-state index in [0.29, 0.717) is 0 Å². The molecule has 1 N–H and O–H groups in total. The Labute approximate surface area is 35.3 Å². The molecule has 0 amide bonds. The third-order valence-corrected chi connectivity index (χ3v) is 0.240. The average molecular weight is 87.1 g/mol. The van der Waals surface area contributed by atoms with E-state index in [0.717, 1.165) is 6.21 Å². The normalized spacial score (nSPS) is 9.50. The van der Waals surface area contributed by atoms with Crippen molar-refractivity contribution in [1.82, 2.24) is 0 Å². The Morgan fingerprint density at radius 1 is 2.00 bits per heavy atom. The fourth-order valence-electron chi connectivity index (χ4n) is 0.0813. The zero-order chi connectivity index (χ0) is 4.99. The zero-order valence-electron chi connectivity index (χ0n) is 3.38. The van der Waals surface area contributed by atoms with E-state index < -0.39 is 0 Å². The van der Waals surface area contributed by atoms with Crippen molar-refractivity contribution in [3.05, 3.63) is 0 Å². The van der Waals surface area contributed by atoms with Gasteiger partial charge in [0.2, 0.25) is 0 Å². The molecule has 0 rings (SSSR count). The molecule has 0 aromatic carbocycles. The maximum Gasteiger partial charge on any atom is 0.174 e. The van der Waals surface area contributed by atoms with Gasteiger partial charge in [-0.3, -0.25) is 4.79 Å². The highest BCUT2D eigenvalue weighted by Gasteiger charge is 1.76. The maximum atomic E-state index is 9.73. The van der Waals surface area contributed by atoms with Crippen molar-refractivity contribution in [3.63, 3.8) is 0 Å². The number of Topliss-reactive ketones (excluding diaryl/α,β-unsaturated/α-hetero) is 1. The molecular weight excluding hydrogens is 82.0 g/mol. The Morgan fingerprint density at radius 3 is 2.50 bits per heavy atom. The van der Waals surface area contributed by atoms with Crippen LogP contribution in [0.5, 0.6) is 0 Å². The monoisotopic (exact) mass is 87.0 g/mol. The van der Waals surface area contributed by atoms with E-state index in [4.69, 9.17) is 5.21 Å². The van der Waals surface area contributed by atoms with Crippen molar-refractivity contribution in [1.29, 1.82) is 0 Å². The number of hydrogen-bond donors (Lipinski definition) is 1. The topological polar surface area (TPSA) is 49.7 Å². The van der Waals surface area contributed by atoms with Crippen molar-refractivity contribution in [2.75, 3.05) is 0 Å². The van der Waals surface area contributed by atoms with Crippen LogP contribution in [0, 0.1) is 0 Å². The van der Waals surface area contributed by atoms with E-state index in [1.807, 2.05) is 0 Å². The van der Waals surface area contributed by atoms with Crippen molar-refractivity contribution in [3.8, 4) is 0 Å². The standard InChI is InChI=1S/C3H5NO2/c1-3(5)2-4-6/h2,6H,1H3/b4-2-. The SMILES string of the molecule is CC(=O)/C=N\O. The molecule has 0 aliphatic carbocycles. The molecule has 0 aromatic heterocycles. The Bertz CT molecular complexity index is 76.9. The fourth-order valence-corrected chi connectivity index (χ4v) is 0.0813. The van der Waals surface area contributed by atoms with Gasteiger partial charge in [0.05, 0.1) is 0 Å². The van der Waals surface area contributed by atoms with Crippen LogP contribution in [0.15, 0.2) is 5.16 Å². The third-order valence-electron chi connectivity index (χ3n) is 0.240. The van der Waals surface area contributed by atoms with Crippen molar-refractivity contribution < 1.29 is 10.0 Å². The molecule has 6 heavy (non-hydrogen) atoms. The van der Waals surface area contributed by atoms with Crippen molar-refractivity contribution in [2.24, 2.45) is 5.16 Å². The highest BCUT2D eigenvalue weighted by atomic mass is 16.4. The minimum absolute atomic E-state index is 0.252. The first kappa shape index (κ1) is 5.14. The van der Waals surface area contributed by atoms with Gasteiger partial charge in [-0.25, -0.2) is 0 Å². The molecule has 0 bridgehead atoms. The highest BCUT2D eigenvalue weighted by molar-refractivity contribution is 6.26. The molecule has 0 saturated heterocycles. The van der Waals surface area contributed by atoms with Gasteiger partial charge in [0, 0.05) is 6.92 Å². The Morgan fingerprint density at radius 2 is 2.50 bits per heavy atom. The summed E-state index contributed by atoms with van der Waals surface area (Å²) in [6.07, 6.45) is 0.833. The molecule has 0 radical (unpaired) electrons. The molecule has 0 spiro atoms. The van der Waals surface area contributed by atoms with Gasteiger partial charge in [0.25, 0.3) is 0 Å². The molecule has 0 aliphatic rings. The molecule has 34 valence electrons. The first-order valence-corrected chi connectivity index (χ1v) is 1.45. The van der Waals surface area contributed by atoms with Crippen LogP contribution in [0.2, 0.25) is 0 Å². The lowest BCUT2D eigenvalue weighted by atomic mass is 10.5. The van der Waals surface area contributed by atoms with E-state index in [-0.39, 0.29) is 5.78 Å². The molecular formula is C3H5NO2. The Balaban J connectivity index is 3.30. The highest BCUT2D eigenvalue weighted by Crippen LogP contribution is 1.55. The largest absolute Gasteiger partial charge is 0.411 e. The van der Waals surface area contributed by atoms with Gasteiger partial charge >= 0.3 is 0 Å². The first-order valence-electron chi connectivity index (χ1n) is 1.45. The lowest BCUT2D eigenvalue weighted by Crippen LogP contribution is -1.87. The predicted molar refractivity (Wildman–Crippen MR) is 21.0 cm³/mol. The number of hydrogen-bond acceptors (Lipinski definition) is 3. The molecule has 3 nitrogen and oxygen atoms in total. The van der Waals surface area contributed by atoms with Crippen LogP contribution in [0.1, 0.15) is 6.92 Å². The van der Waals surface area contributed by atoms with Crippen molar-refractivity contribution in [2.45, 2.75) is 6.92 Å². The van der Waals surface area contributed by atoms with Gasteiger partial charge in [-0.05, 0) is 0 Å². The van der Waals surface area contributed by atoms with E-state index >= 15 is 0 Å². The fraction of sp³-hybridized carbons (Fsp3) is 0.333. The minimum atomic E-state index is -0.252. The number of oxime groups is 1. The van der Waals surface area contributed by atoms with E-state index in [1.54, 1.807) is 0 Å². The van der Waals surface area contributed by atoms with Gasteiger partial charge in [0.15, 0.2) is 5.78 Å². The van der Waals surface area contributed by atoms with E-state index in [2.05, 4.69) is 5.16 Å². The molecule has 0 aliphatic heterocycles. The molecule has 3 heteroatoms. The van der Waals surface area contributed by atoms with Gasteiger partial charge in [-0.1, -0.05) is 5.16 Å². The Kier molecular flexibility index (Phi) is 2.04. The zero-order valence-corrected chi connectivity index (χ0v) is 3.38. The molecule has 0 unspecified atom stereocenters. The van der Waals surface area contributed by atoms with Crippen LogP contribution < -0.4 is 0 Å². The molecule has 0 fully saturated rings. The quantitative estimate of drug-likeness (QED) is 0.279. The van der Waals surface area contributed by atoms with Crippen LogP contribution in [0.3, 0.4) is 0 Å². The third kappa shape index (κ3) is 3.14. The van der Waals surface area contributed by atoms with Gasteiger partial charge in [-0.2, -0.15) is 0 Å². The van der Waals surface area contributed by atoms with Crippen LogP contribution >= 0.6 is 0 Å². The summed E-state index contributed by atoms with van der Waals surface area (Å²) in [5.41, 5.74) is 0. The molecule has 0 saturated carbocycles. The number of carbonyl (C=O) groups is 1. The summed E-state index contributed by atoms with van der Waals surface area (Å²) in [5, 5.41) is 10.0. The van der Waals surface area contributed by atoms with Crippen LogP contribution in [-0.2, 0) is 4.79 Å². The van der Waals surface area contributed by atoms with Crippen LogP contribution in [-0.4, -0.2) is 17.2 Å². The number of ketones is 1. The molecule has 0 aromatic rings. The van der Waals surface area contributed by atoms with Gasteiger partial charge < -0.3 is 5.21 Å². The second-order valence-electron chi connectivity index (χ2n) is 0.855. The molecule has 0 atom stereocenters. The number of rotatable bonds is 1. The van der Waals surface area contributed by atoms with Gasteiger partial charge in [0.1, 0.15) is 6.21 Å². The summed E-state index contributed by atoms with van der Waals surface area (Å²) in [6.45, 7) is 1.31. The number of carbonyl (C=O) groups excluding carboxylic acids is 1. The smallest absolute Gasteiger partial charge is 0.174 e. The second kappa shape index (κ2) is 2.38. The second-order valence-corrected chi connectivity index (χ2v) is 0.855. The van der Waals surface area contributed by atoms with E-state index in [9.17, 15) is 4.79 Å². The van der Waals surface area contributed by atoms with Crippen molar-refractivity contribution >= 4 is 12.0 Å². The predicted octanol–water partition coefficient (Wildman–Crippen LogP) is 0.0354. The summed E-state index contributed by atoms with van der Waals surface area (Å²) in [5.74, 6) is -0.252. The number of nitrogens with zero attached hydrogens (tertiary/aromatic N) is 1. The summed E-state index contributed by atoms with van der Waals surface area (Å²) >= 11 is 0. The maximum absolute atomic E-state index is 9.73. The Hall–Kier alpha value is -0.860. The summed E-state index contributed by atoms with van der Waals surface area (Å²) in [7, 11) is 0. The minimum Gasteiger partial charge on any atom is -0.411 e. The summed E-state index contributed by atoms with van der Waals surface area (Å²) in [6, 6.07) is 0. The first-order chi connectivity index (χ1) is 2.77. The van der Waals surface area contributed by atoms with Crippen LogP contribution in [0.25, 0.3) is 0 Å². The average Bonchev–Trinajstić information content (AvgIpc) is 1.35. The van der Waals surface area contributed by atoms with Gasteiger partial charge in [-0.15, -0.1) is 0 Å². The summed E-state index contributed by atoms with van der Waals surface area (Å²) in [4.78, 5) is 9.73. The van der Waals surface area contributed by atoms with E-state index in [1.165, 1.54) is 6.92 Å². The van der Waals surface area contributed by atoms with Crippen LogP contribution in [0.4, 0.5) is 0 Å². The lowest BCUT2D eigenvalue weighted by Gasteiger charge is -1.67. The lowest BCUT2D eigenvalue weighted by molar-refractivity contribution is -0.110. The molecule has 0 heterocycles. The summed E-state index contributed by atoms with van der Waals surface area (Å²) < 4.78 is 0.